The number of carboxylic acids is 1. The molecule has 32 heavy (non-hydrogen) atoms. The van der Waals surface area contributed by atoms with E-state index in [1.807, 2.05) is 0 Å². The molecular formula is C23H29BF2N2O4. The average molecular weight is 446 g/mol. The van der Waals surface area contributed by atoms with Crippen LogP contribution in [-0.4, -0.2) is 39.8 Å². The monoisotopic (exact) mass is 446 g/mol. The average Bonchev–Trinajstić information content (AvgIpc) is 2.70. The minimum absolute atomic E-state index is 0.0795. The Bertz CT molecular complexity index is 940. The first kappa shape index (κ1) is 24.3. The molecule has 0 radical (unpaired) electrons. The van der Waals surface area contributed by atoms with E-state index < -0.39 is 30.3 Å². The van der Waals surface area contributed by atoms with Gasteiger partial charge in [0.1, 0.15) is 17.2 Å². The SMILES string of the molecule is NC(CCCCB(O)O)(C(=O)O)[C@H]1C[C@@H](NCc2ccc(-c3ccccc3F)c(F)c2)C1. The number of aliphatic carboxylic acids is 1. The first-order valence-electron chi connectivity index (χ1n) is 10.9. The topological polar surface area (TPSA) is 116 Å². The molecule has 1 fully saturated rings. The van der Waals surface area contributed by atoms with Crippen molar-refractivity contribution in [1.82, 2.24) is 5.32 Å². The number of carboxylic acid groups (broad SMARTS) is 1. The van der Waals surface area contributed by atoms with E-state index in [0.29, 0.717) is 37.8 Å². The number of benzene rings is 2. The molecule has 0 spiro atoms. The molecule has 172 valence electrons. The van der Waals surface area contributed by atoms with Crippen molar-refractivity contribution in [2.75, 3.05) is 0 Å². The van der Waals surface area contributed by atoms with Crippen LogP contribution in [0.25, 0.3) is 11.1 Å². The standard InChI is InChI=1S/C23H29BF2N2O4/c25-20-6-2-1-5-18(20)19-8-7-15(11-21(19)26)14-28-17-12-16(13-17)23(27,22(29)30)9-3-4-10-24(31)32/h1-2,5-8,11,16-17,28,31-32H,3-4,9-10,12-14,27H2,(H,29,30)/t16-,17+,23?. The summed E-state index contributed by atoms with van der Waals surface area (Å²) in [5.74, 6) is -2.21. The first-order chi connectivity index (χ1) is 15.2. The van der Waals surface area contributed by atoms with Gasteiger partial charge >= 0.3 is 13.1 Å². The van der Waals surface area contributed by atoms with Crippen LogP contribution < -0.4 is 11.1 Å². The van der Waals surface area contributed by atoms with E-state index in [4.69, 9.17) is 15.8 Å². The van der Waals surface area contributed by atoms with Crippen LogP contribution in [0.5, 0.6) is 0 Å². The largest absolute Gasteiger partial charge is 0.480 e. The van der Waals surface area contributed by atoms with E-state index in [1.165, 1.54) is 18.2 Å². The van der Waals surface area contributed by atoms with Crippen LogP contribution in [0.1, 0.15) is 37.7 Å². The molecule has 2 aromatic carbocycles. The lowest BCUT2D eigenvalue weighted by Crippen LogP contribution is -2.61. The fourth-order valence-corrected chi connectivity index (χ4v) is 4.26. The summed E-state index contributed by atoms with van der Waals surface area (Å²) in [6.07, 6.45) is 2.66. The maximum Gasteiger partial charge on any atom is 0.451 e. The molecule has 0 aliphatic heterocycles. The van der Waals surface area contributed by atoms with Crippen molar-refractivity contribution < 1.29 is 28.7 Å². The zero-order valence-electron chi connectivity index (χ0n) is 17.8. The molecular weight excluding hydrogens is 417 g/mol. The second kappa shape index (κ2) is 10.5. The van der Waals surface area contributed by atoms with E-state index in [0.717, 1.165) is 0 Å². The predicted molar refractivity (Wildman–Crippen MR) is 119 cm³/mol. The summed E-state index contributed by atoms with van der Waals surface area (Å²) >= 11 is 0. The van der Waals surface area contributed by atoms with Gasteiger partial charge in [-0.05, 0) is 49.2 Å². The number of halogens is 2. The summed E-state index contributed by atoms with van der Waals surface area (Å²) in [7, 11) is -1.39. The van der Waals surface area contributed by atoms with E-state index in [2.05, 4.69) is 5.32 Å². The Morgan fingerprint density at radius 2 is 1.78 bits per heavy atom. The number of hydrogen-bond acceptors (Lipinski definition) is 5. The van der Waals surface area contributed by atoms with Crippen molar-refractivity contribution >= 4 is 13.1 Å². The molecule has 1 aliphatic rings. The predicted octanol–water partition coefficient (Wildman–Crippen LogP) is 2.93. The van der Waals surface area contributed by atoms with Gasteiger partial charge in [-0.1, -0.05) is 43.2 Å². The molecule has 6 nitrogen and oxygen atoms in total. The maximum atomic E-state index is 14.5. The third-order valence-electron chi connectivity index (χ3n) is 6.36. The molecule has 1 atom stereocenters. The van der Waals surface area contributed by atoms with Gasteiger partial charge < -0.3 is 26.2 Å². The Morgan fingerprint density at radius 1 is 1.09 bits per heavy atom. The number of unbranched alkanes of at least 4 members (excludes halogenated alkanes) is 1. The quantitative estimate of drug-likeness (QED) is 0.268. The number of nitrogens with one attached hydrogen (secondary N) is 1. The summed E-state index contributed by atoms with van der Waals surface area (Å²) < 4.78 is 28.5. The van der Waals surface area contributed by atoms with E-state index in [-0.39, 0.29) is 35.8 Å². The highest BCUT2D eigenvalue weighted by atomic mass is 19.1. The van der Waals surface area contributed by atoms with Crippen LogP contribution in [0.2, 0.25) is 6.32 Å². The normalized spacial score (nSPS) is 19.8. The number of carbonyl (C=O) groups is 1. The number of nitrogens with two attached hydrogens (primary N) is 1. The lowest BCUT2D eigenvalue weighted by molar-refractivity contribution is -0.148. The molecule has 3 rings (SSSR count). The Labute approximate surface area is 186 Å². The van der Waals surface area contributed by atoms with Gasteiger partial charge in [-0.2, -0.15) is 0 Å². The molecule has 0 amide bonds. The zero-order chi connectivity index (χ0) is 23.3. The van der Waals surface area contributed by atoms with E-state index in [9.17, 15) is 18.7 Å². The minimum atomic E-state index is -1.39. The van der Waals surface area contributed by atoms with Crippen molar-refractivity contribution in [1.29, 1.82) is 0 Å². The zero-order valence-corrected chi connectivity index (χ0v) is 17.8. The van der Waals surface area contributed by atoms with Crippen LogP contribution in [0, 0.1) is 17.6 Å². The van der Waals surface area contributed by atoms with Gasteiger partial charge in [0.05, 0.1) is 0 Å². The summed E-state index contributed by atoms with van der Waals surface area (Å²) in [6, 6.07) is 10.8. The van der Waals surface area contributed by atoms with Gasteiger partial charge in [-0.25, -0.2) is 8.78 Å². The summed E-state index contributed by atoms with van der Waals surface area (Å²) in [6.45, 7) is 0.408. The van der Waals surface area contributed by atoms with Gasteiger partial charge in [-0.3, -0.25) is 4.79 Å². The molecule has 0 heterocycles. The molecule has 1 unspecified atom stereocenters. The van der Waals surface area contributed by atoms with Gasteiger partial charge in [0, 0.05) is 23.7 Å². The lowest BCUT2D eigenvalue weighted by Gasteiger charge is -2.45. The highest BCUT2D eigenvalue weighted by molar-refractivity contribution is 6.40. The molecule has 1 saturated carbocycles. The van der Waals surface area contributed by atoms with E-state index in [1.54, 1.807) is 24.3 Å². The lowest BCUT2D eigenvalue weighted by atomic mass is 9.66. The molecule has 1 aliphatic carbocycles. The van der Waals surface area contributed by atoms with Gasteiger partial charge in [0.2, 0.25) is 0 Å². The Kier molecular flexibility index (Phi) is 8.00. The van der Waals surface area contributed by atoms with Crippen molar-refractivity contribution in [2.24, 2.45) is 11.7 Å². The number of rotatable bonds is 11. The Balaban J connectivity index is 1.51. The van der Waals surface area contributed by atoms with Crippen molar-refractivity contribution in [3.05, 3.63) is 59.7 Å². The molecule has 0 aromatic heterocycles. The summed E-state index contributed by atoms with van der Waals surface area (Å²) in [5, 5.41) is 30.7. The minimum Gasteiger partial charge on any atom is -0.480 e. The maximum absolute atomic E-state index is 14.5. The van der Waals surface area contributed by atoms with Crippen LogP contribution in [0.15, 0.2) is 42.5 Å². The molecule has 6 N–H and O–H groups in total. The van der Waals surface area contributed by atoms with Gasteiger partial charge in [-0.15, -0.1) is 0 Å². The number of hydrogen-bond donors (Lipinski definition) is 5. The van der Waals surface area contributed by atoms with Crippen molar-refractivity contribution in [3.63, 3.8) is 0 Å². The van der Waals surface area contributed by atoms with E-state index >= 15 is 0 Å². The Hall–Kier alpha value is -2.33. The Morgan fingerprint density at radius 3 is 2.41 bits per heavy atom. The van der Waals surface area contributed by atoms with Gasteiger partial charge in [0.15, 0.2) is 0 Å². The van der Waals surface area contributed by atoms with Crippen LogP contribution >= 0.6 is 0 Å². The summed E-state index contributed by atoms with van der Waals surface area (Å²) in [4.78, 5) is 11.8. The van der Waals surface area contributed by atoms with Crippen molar-refractivity contribution in [3.8, 4) is 11.1 Å². The second-order valence-electron chi connectivity index (χ2n) is 8.61. The fourth-order valence-electron chi connectivity index (χ4n) is 4.26. The smallest absolute Gasteiger partial charge is 0.451 e. The van der Waals surface area contributed by atoms with Crippen LogP contribution in [0.4, 0.5) is 8.78 Å². The first-order valence-corrected chi connectivity index (χ1v) is 10.9. The van der Waals surface area contributed by atoms with Crippen molar-refractivity contribution in [2.45, 2.75) is 56.5 Å². The van der Waals surface area contributed by atoms with Gasteiger partial charge in [0.25, 0.3) is 0 Å². The van der Waals surface area contributed by atoms with Crippen LogP contribution in [0.3, 0.4) is 0 Å². The summed E-state index contributed by atoms with van der Waals surface area (Å²) in [5.41, 5.74) is 6.00. The third kappa shape index (κ3) is 5.72. The molecule has 2 aromatic rings. The molecule has 9 heteroatoms. The molecule has 0 bridgehead atoms. The third-order valence-corrected chi connectivity index (χ3v) is 6.36. The fraction of sp³-hybridized carbons (Fsp3) is 0.435. The highest BCUT2D eigenvalue weighted by Gasteiger charge is 2.48. The highest BCUT2D eigenvalue weighted by Crippen LogP contribution is 2.38. The molecule has 0 saturated heterocycles. The second-order valence-corrected chi connectivity index (χ2v) is 8.61. The van der Waals surface area contributed by atoms with Crippen LogP contribution in [-0.2, 0) is 11.3 Å².